The van der Waals surface area contributed by atoms with E-state index in [1.54, 1.807) is 24.1 Å². The van der Waals surface area contributed by atoms with Crippen molar-refractivity contribution in [2.45, 2.75) is 32.7 Å². The van der Waals surface area contributed by atoms with Crippen LogP contribution in [0.4, 0.5) is 0 Å². The van der Waals surface area contributed by atoms with Crippen molar-refractivity contribution in [3.63, 3.8) is 0 Å². The summed E-state index contributed by atoms with van der Waals surface area (Å²) in [6.45, 7) is 5.54. The van der Waals surface area contributed by atoms with E-state index in [2.05, 4.69) is 5.10 Å². The highest BCUT2D eigenvalue weighted by molar-refractivity contribution is 5.92. The minimum atomic E-state index is -0.0199. The fraction of sp³-hybridized carbons (Fsp3) is 0.474. The second-order valence-corrected chi connectivity index (χ2v) is 6.81. The van der Waals surface area contributed by atoms with Gasteiger partial charge in [0.1, 0.15) is 11.4 Å². The zero-order valence-corrected chi connectivity index (χ0v) is 15.1. The van der Waals surface area contributed by atoms with E-state index in [-0.39, 0.29) is 11.9 Å². The average molecular weight is 342 g/mol. The molecule has 1 fully saturated rings. The lowest BCUT2D eigenvalue weighted by atomic mass is 9.91. The van der Waals surface area contributed by atoms with Gasteiger partial charge in [-0.2, -0.15) is 5.10 Å². The van der Waals surface area contributed by atoms with Gasteiger partial charge in [-0.25, -0.2) is 4.68 Å². The molecule has 0 radical (unpaired) electrons. The summed E-state index contributed by atoms with van der Waals surface area (Å²) < 4.78 is 7.11. The fourth-order valence-electron chi connectivity index (χ4n) is 3.34. The van der Waals surface area contributed by atoms with Crippen molar-refractivity contribution in [1.82, 2.24) is 14.7 Å². The predicted octanol–water partition coefficient (Wildman–Crippen LogP) is 2.39. The first kappa shape index (κ1) is 17.5. The second kappa shape index (κ2) is 7.27. The number of hydrogen-bond donors (Lipinski definition) is 1. The van der Waals surface area contributed by atoms with Crippen molar-refractivity contribution >= 4 is 5.91 Å². The molecule has 1 aliphatic rings. The molecule has 0 bridgehead atoms. The molecular formula is C19H26N4O2. The molecule has 1 aromatic heterocycles. The number of aromatic nitrogens is 2. The fourth-order valence-corrected chi connectivity index (χ4v) is 3.34. The average Bonchev–Trinajstić information content (AvgIpc) is 3.11. The third kappa shape index (κ3) is 3.69. The number of methoxy groups -OCH3 is 1. The van der Waals surface area contributed by atoms with Crippen LogP contribution >= 0.6 is 0 Å². The molecule has 3 rings (SSSR count). The Morgan fingerprint density at radius 1 is 1.32 bits per heavy atom. The Hall–Kier alpha value is -2.34. The molecule has 2 N–H and O–H groups in total. The van der Waals surface area contributed by atoms with E-state index in [4.69, 9.17) is 10.5 Å². The molecule has 0 saturated carbocycles. The summed E-state index contributed by atoms with van der Waals surface area (Å²) in [5.41, 5.74) is 8.38. The second-order valence-electron chi connectivity index (χ2n) is 6.81. The van der Waals surface area contributed by atoms with E-state index in [0.29, 0.717) is 11.6 Å². The molecule has 1 saturated heterocycles. The van der Waals surface area contributed by atoms with Crippen LogP contribution in [-0.2, 0) is 0 Å². The Balaban J connectivity index is 1.76. The number of likely N-dealkylation sites (tertiary alicyclic amines) is 1. The molecule has 25 heavy (non-hydrogen) atoms. The number of aryl methyl sites for hydroxylation is 1. The van der Waals surface area contributed by atoms with E-state index in [0.717, 1.165) is 42.9 Å². The molecule has 1 aliphatic heterocycles. The Bertz CT molecular complexity index is 746. The van der Waals surface area contributed by atoms with Gasteiger partial charge in [0, 0.05) is 25.3 Å². The van der Waals surface area contributed by atoms with Gasteiger partial charge in [-0.15, -0.1) is 0 Å². The molecule has 6 heteroatoms. The van der Waals surface area contributed by atoms with Crippen LogP contribution < -0.4 is 10.5 Å². The molecule has 1 atom stereocenters. The summed E-state index contributed by atoms with van der Waals surface area (Å²) in [6.07, 6.45) is 3.71. The summed E-state index contributed by atoms with van der Waals surface area (Å²) in [6, 6.07) is 7.84. The lowest BCUT2D eigenvalue weighted by Crippen LogP contribution is -2.42. The van der Waals surface area contributed by atoms with Crippen LogP contribution in [-0.4, -0.2) is 46.8 Å². The van der Waals surface area contributed by atoms with Gasteiger partial charge in [-0.3, -0.25) is 4.79 Å². The molecule has 2 aromatic rings. The molecular weight excluding hydrogens is 316 g/mol. The summed E-state index contributed by atoms with van der Waals surface area (Å²) in [5.74, 6) is 1.21. The maximum atomic E-state index is 12.7. The number of hydrogen-bond acceptors (Lipinski definition) is 4. The minimum absolute atomic E-state index is 0.0199. The molecule has 1 amide bonds. The third-order valence-electron chi connectivity index (χ3n) is 4.96. The summed E-state index contributed by atoms with van der Waals surface area (Å²) in [4.78, 5) is 14.6. The minimum Gasteiger partial charge on any atom is -0.494 e. The zero-order valence-electron chi connectivity index (χ0n) is 15.1. The molecule has 0 aliphatic carbocycles. The first-order chi connectivity index (χ1) is 12.0. The highest BCUT2D eigenvalue weighted by atomic mass is 16.5. The van der Waals surface area contributed by atoms with Crippen molar-refractivity contribution in [2.24, 2.45) is 11.7 Å². The van der Waals surface area contributed by atoms with Crippen LogP contribution in [0.1, 0.15) is 35.8 Å². The number of rotatable bonds is 4. The standard InChI is InChI=1S/C19H26N4O2/c1-13-4-5-18(25-3)17(12-13)23-11-8-16(21-23)19(24)22-9-6-15(7-10-22)14(2)20/h4-5,8,11-12,14-15H,6-7,9-10,20H2,1-3H3. The van der Waals surface area contributed by atoms with E-state index in [1.807, 2.05) is 36.9 Å². The van der Waals surface area contributed by atoms with Gasteiger partial charge in [0.25, 0.3) is 5.91 Å². The maximum Gasteiger partial charge on any atom is 0.274 e. The summed E-state index contributed by atoms with van der Waals surface area (Å²) >= 11 is 0. The highest BCUT2D eigenvalue weighted by Crippen LogP contribution is 2.24. The molecule has 1 aromatic carbocycles. The van der Waals surface area contributed by atoms with Crippen LogP contribution in [0.25, 0.3) is 5.69 Å². The molecule has 2 heterocycles. The van der Waals surface area contributed by atoms with Crippen molar-refractivity contribution in [2.75, 3.05) is 20.2 Å². The zero-order chi connectivity index (χ0) is 18.0. The smallest absolute Gasteiger partial charge is 0.274 e. The van der Waals surface area contributed by atoms with Crippen molar-refractivity contribution < 1.29 is 9.53 Å². The van der Waals surface area contributed by atoms with Crippen molar-refractivity contribution in [3.8, 4) is 11.4 Å². The Morgan fingerprint density at radius 3 is 2.68 bits per heavy atom. The van der Waals surface area contributed by atoms with E-state index in [1.165, 1.54) is 0 Å². The van der Waals surface area contributed by atoms with Gasteiger partial charge < -0.3 is 15.4 Å². The predicted molar refractivity (Wildman–Crippen MR) is 97.1 cm³/mol. The lowest BCUT2D eigenvalue weighted by molar-refractivity contribution is 0.0674. The molecule has 0 spiro atoms. The van der Waals surface area contributed by atoms with Crippen LogP contribution in [0.3, 0.4) is 0 Å². The first-order valence-electron chi connectivity index (χ1n) is 8.75. The Labute approximate surface area is 148 Å². The highest BCUT2D eigenvalue weighted by Gasteiger charge is 2.26. The molecule has 134 valence electrons. The third-order valence-corrected chi connectivity index (χ3v) is 4.96. The number of carbonyl (C=O) groups is 1. The van der Waals surface area contributed by atoms with E-state index < -0.39 is 0 Å². The monoisotopic (exact) mass is 342 g/mol. The van der Waals surface area contributed by atoms with Gasteiger partial charge in [0.15, 0.2) is 5.69 Å². The SMILES string of the molecule is COc1ccc(C)cc1-n1ccc(C(=O)N2CCC(C(C)N)CC2)n1. The number of benzene rings is 1. The van der Waals surface area contributed by atoms with Crippen molar-refractivity contribution in [1.29, 1.82) is 0 Å². The summed E-state index contributed by atoms with van der Waals surface area (Å²) in [5, 5.41) is 4.48. The maximum absolute atomic E-state index is 12.7. The lowest BCUT2D eigenvalue weighted by Gasteiger charge is -2.33. The number of nitrogens with zero attached hydrogens (tertiary/aromatic N) is 3. The van der Waals surface area contributed by atoms with Crippen molar-refractivity contribution in [3.05, 3.63) is 41.7 Å². The van der Waals surface area contributed by atoms with Gasteiger partial charge in [0.05, 0.1) is 7.11 Å². The quantitative estimate of drug-likeness (QED) is 0.926. The normalized spacial score (nSPS) is 16.7. The number of ether oxygens (including phenoxy) is 1. The van der Waals surface area contributed by atoms with Gasteiger partial charge in [-0.05, 0) is 56.4 Å². The van der Waals surface area contributed by atoms with E-state index >= 15 is 0 Å². The Kier molecular flexibility index (Phi) is 5.08. The van der Waals surface area contributed by atoms with E-state index in [9.17, 15) is 4.79 Å². The van der Waals surface area contributed by atoms with Gasteiger partial charge >= 0.3 is 0 Å². The largest absolute Gasteiger partial charge is 0.494 e. The van der Waals surface area contributed by atoms with Gasteiger partial charge in [-0.1, -0.05) is 6.07 Å². The molecule has 6 nitrogen and oxygen atoms in total. The summed E-state index contributed by atoms with van der Waals surface area (Å²) in [7, 11) is 1.63. The van der Waals surface area contributed by atoms with Crippen LogP contribution in [0.2, 0.25) is 0 Å². The number of amides is 1. The first-order valence-corrected chi connectivity index (χ1v) is 8.75. The number of piperidine rings is 1. The van der Waals surface area contributed by atoms with Gasteiger partial charge in [0.2, 0.25) is 0 Å². The Morgan fingerprint density at radius 2 is 2.04 bits per heavy atom. The topological polar surface area (TPSA) is 73.4 Å². The van der Waals surface area contributed by atoms with Crippen LogP contribution in [0.5, 0.6) is 5.75 Å². The van der Waals surface area contributed by atoms with Crippen LogP contribution in [0, 0.1) is 12.8 Å². The van der Waals surface area contributed by atoms with Crippen LogP contribution in [0.15, 0.2) is 30.5 Å². The number of carbonyl (C=O) groups excluding carboxylic acids is 1. The number of nitrogens with two attached hydrogens (primary N) is 1. The molecule has 1 unspecified atom stereocenters.